The Balaban J connectivity index is 1.60. The summed E-state index contributed by atoms with van der Waals surface area (Å²) in [6.45, 7) is 3.44. The number of nitrogens with one attached hydrogen (secondary N) is 1. The predicted molar refractivity (Wildman–Crippen MR) is 110 cm³/mol. The molecule has 1 amide bonds. The smallest absolute Gasteiger partial charge is 0.363 e. The van der Waals surface area contributed by atoms with Crippen LogP contribution in [-0.2, 0) is 17.5 Å². The Labute approximate surface area is 181 Å². The molecule has 1 unspecified atom stereocenters. The van der Waals surface area contributed by atoms with Gasteiger partial charge in [0.2, 0.25) is 5.91 Å². The minimum absolute atomic E-state index is 0.121. The molecule has 3 rings (SSSR count). The van der Waals surface area contributed by atoms with Crippen LogP contribution < -0.4 is 10.2 Å². The van der Waals surface area contributed by atoms with E-state index >= 15 is 0 Å². The van der Waals surface area contributed by atoms with E-state index in [2.05, 4.69) is 5.32 Å². The lowest BCUT2D eigenvalue weighted by Gasteiger charge is -2.38. The number of nitro groups is 1. The molecular weight excluding hydrogens is 432 g/mol. The first-order valence-corrected chi connectivity index (χ1v) is 9.93. The molecule has 1 aliphatic rings. The molecule has 2 aromatic carbocycles. The summed E-state index contributed by atoms with van der Waals surface area (Å²) in [6.07, 6.45) is -4.67. The van der Waals surface area contributed by atoms with Gasteiger partial charge in [-0.3, -0.25) is 19.8 Å². The first-order chi connectivity index (χ1) is 15.1. The van der Waals surface area contributed by atoms with E-state index in [0.717, 1.165) is 17.7 Å². The Bertz CT molecular complexity index is 974. The van der Waals surface area contributed by atoms with Gasteiger partial charge in [-0.15, -0.1) is 0 Å². The summed E-state index contributed by atoms with van der Waals surface area (Å²) < 4.78 is 51.7. The van der Waals surface area contributed by atoms with Crippen LogP contribution in [0, 0.1) is 15.9 Å². The molecular formula is C21H22F4N4O3. The standard InChI is InChI=1S/C21H22F4N4O3/c1-14(20(30)26-13-15-2-5-17(22)6-3-15)27-8-10-28(11-9-27)18-7-4-16(21(23,24)25)12-19(18)29(31)32/h2-7,12,14H,8-11,13H2,1H3,(H,26,30). The van der Waals surface area contributed by atoms with Gasteiger partial charge < -0.3 is 10.2 Å². The summed E-state index contributed by atoms with van der Waals surface area (Å²) in [6, 6.07) is 7.81. The van der Waals surface area contributed by atoms with Gasteiger partial charge in [0.15, 0.2) is 0 Å². The number of rotatable bonds is 6. The maximum atomic E-state index is 13.0. The average molecular weight is 454 g/mol. The lowest BCUT2D eigenvalue weighted by Crippen LogP contribution is -2.54. The van der Waals surface area contributed by atoms with Gasteiger partial charge in [0.05, 0.1) is 16.5 Å². The number of nitrogens with zero attached hydrogens (tertiary/aromatic N) is 3. The highest BCUT2D eigenvalue weighted by molar-refractivity contribution is 5.81. The molecule has 0 radical (unpaired) electrons. The number of hydrogen-bond donors (Lipinski definition) is 1. The van der Waals surface area contributed by atoms with Crippen LogP contribution in [0.2, 0.25) is 0 Å². The summed E-state index contributed by atoms with van der Waals surface area (Å²) >= 11 is 0. The molecule has 32 heavy (non-hydrogen) atoms. The van der Waals surface area contributed by atoms with Gasteiger partial charge in [0.1, 0.15) is 11.5 Å². The molecule has 1 aliphatic heterocycles. The summed E-state index contributed by atoms with van der Waals surface area (Å²) in [5, 5.41) is 14.1. The Morgan fingerprint density at radius 3 is 2.31 bits per heavy atom. The van der Waals surface area contributed by atoms with Crippen molar-refractivity contribution in [2.24, 2.45) is 0 Å². The van der Waals surface area contributed by atoms with E-state index in [1.165, 1.54) is 12.1 Å². The second kappa shape index (κ2) is 9.51. The molecule has 172 valence electrons. The number of hydrogen-bond acceptors (Lipinski definition) is 5. The molecule has 11 heteroatoms. The van der Waals surface area contributed by atoms with Crippen LogP contribution in [0.3, 0.4) is 0 Å². The van der Waals surface area contributed by atoms with Gasteiger partial charge in [-0.2, -0.15) is 13.2 Å². The monoisotopic (exact) mass is 454 g/mol. The highest BCUT2D eigenvalue weighted by atomic mass is 19.4. The maximum absolute atomic E-state index is 13.0. The van der Waals surface area contributed by atoms with Crippen molar-refractivity contribution in [2.75, 3.05) is 31.1 Å². The average Bonchev–Trinajstić information content (AvgIpc) is 2.77. The van der Waals surface area contributed by atoms with E-state index in [4.69, 9.17) is 0 Å². The molecule has 7 nitrogen and oxygen atoms in total. The van der Waals surface area contributed by atoms with Crippen molar-refractivity contribution in [3.05, 3.63) is 69.5 Å². The van der Waals surface area contributed by atoms with E-state index in [1.54, 1.807) is 24.0 Å². The number of amides is 1. The maximum Gasteiger partial charge on any atom is 0.416 e. The number of carbonyl (C=O) groups is 1. The van der Waals surface area contributed by atoms with Crippen molar-refractivity contribution in [1.82, 2.24) is 10.2 Å². The third-order valence-electron chi connectivity index (χ3n) is 5.46. The summed E-state index contributed by atoms with van der Waals surface area (Å²) in [5.74, 6) is -0.581. The minimum Gasteiger partial charge on any atom is -0.363 e. The topological polar surface area (TPSA) is 78.7 Å². The SMILES string of the molecule is CC(C(=O)NCc1ccc(F)cc1)N1CCN(c2ccc(C(F)(F)F)cc2[N+](=O)[O-])CC1. The van der Waals surface area contributed by atoms with Gasteiger partial charge >= 0.3 is 6.18 Å². The Morgan fingerprint density at radius 1 is 1.12 bits per heavy atom. The van der Waals surface area contributed by atoms with Crippen LogP contribution >= 0.6 is 0 Å². The summed E-state index contributed by atoms with van der Waals surface area (Å²) in [7, 11) is 0. The second-order valence-electron chi connectivity index (χ2n) is 7.50. The molecule has 1 heterocycles. The number of nitro benzene ring substituents is 1. The van der Waals surface area contributed by atoms with E-state index in [1.807, 2.05) is 4.90 Å². The molecule has 1 atom stereocenters. The first-order valence-electron chi connectivity index (χ1n) is 9.93. The summed E-state index contributed by atoms with van der Waals surface area (Å²) in [4.78, 5) is 26.5. The van der Waals surface area contributed by atoms with Crippen molar-refractivity contribution in [2.45, 2.75) is 25.7 Å². The highest BCUT2D eigenvalue weighted by Gasteiger charge is 2.34. The Morgan fingerprint density at radius 2 is 1.75 bits per heavy atom. The molecule has 0 saturated carbocycles. The Hall–Kier alpha value is -3.21. The molecule has 0 bridgehead atoms. The van der Waals surface area contributed by atoms with Gasteiger partial charge in [0, 0.05) is 38.8 Å². The van der Waals surface area contributed by atoms with Crippen molar-refractivity contribution in [3.8, 4) is 0 Å². The van der Waals surface area contributed by atoms with Crippen LogP contribution in [0.4, 0.5) is 28.9 Å². The minimum atomic E-state index is -4.67. The first kappa shape index (κ1) is 23.5. The third kappa shape index (κ3) is 5.52. The van der Waals surface area contributed by atoms with Gasteiger partial charge in [-0.25, -0.2) is 4.39 Å². The van der Waals surface area contributed by atoms with Gasteiger partial charge in [-0.1, -0.05) is 12.1 Å². The fourth-order valence-corrected chi connectivity index (χ4v) is 3.57. The zero-order valence-corrected chi connectivity index (χ0v) is 17.2. The normalized spacial score (nSPS) is 16.0. The third-order valence-corrected chi connectivity index (χ3v) is 5.46. The molecule has 0 aliphatic carbocycles. The number of halogens is 4. The number of alkyl halides is 3. The molecule has 2 aromatic rings. The van der Waals surface area contributed by atoms with Crippen molar-refractivity contribution in [3.63, 3.8) is 0 Å². The lowest BCUT2D eigenvalue weighted by molar-refractivity contribution is -0.384. The van der Waals surface area contributed by atoms with Gasteiger partial charge in [0.25, 0.3) is 5.69 Å². The largest absolute Gasteiger partial charge is 0.416 e. The Kier molecular flexibility index (Phi) is 6.97. The van der Waals surface area contributed by atoms with Crippen LogP contribution in [-0.4, -0.2) is 48.0 Å². The highest BCUT2D eigenvalue weighted by Crippen LogP contribution is 2.36. The molecule has 1 N–H and O–H groups in total. The van der Waals surface area contributed by atoms with Crippen molar-refractivity contribution >= 4 is 17.3 Å². The van der Waals surface area contributed by atoms with E-state index < -0.39 is 28.4 Å². The van der Waals surface area contributed by atoms with E-state index in [9.17, 15) is 32.5 Å². The van der Waals surface area contributed by atoms with Gasteiger partial charge in [-0.05, 0) is 36.8 Å². The predicted octanol–water partition coefficient (Wildman–Crippen LogP) is 3.58. The molecule has 1 fully saturated rings. The molecule has 1 saturated heterocycles. The quantitative estimate of drug-likeness (QED) is 0.410. The zero-order chi connectivity index (χ0) is 23.5. The van der Waals surface area contributed by atoms with Crippen LogP contribution in [0.1, 0.15) is 18.1 Å². The van der Waals surface area contributed by atoms with Crippen LogP contribution in [0.15, 0.2) is 42.5 Å². The van der Waals surface area contributed by atoms with Crippen LogP contribution in [0.5, 0.6) is 0 Å². The summed E-state index contributed by atoms with van der Waals surface area (Å²) in [5.41, 5.74) is -0.793. The fourth-order valence-electron chi connectivity index (χ4n) is 3.57. The van der Waals surface area contributed by atoms with Crippen molar-refractivity contribution in [1.29, 1.82) is 0 Å². The number of anilines is 1. The zero-order valence-electron chi connectivity index (χ0n) is 17.2. The number of piperazine rings is 1. The molecule has 0 spiro atoms. The molecule has 0 aromatic heterocycles. The van der Waals surface area contributed by atoms with E-state index in [0.29, 0.717) is 32.2 Å². The number of benzene rings is 2. The van der Waals surface area contributed by atoms with Crippen molar-refractivity contribution < 1.29 is 27.3 Å². The number of carbonyl (C=O) groups excluding carboxylic acids is 1. The second-order valence-corrected chi connectivity index (χ2v) is 7.50. The van der Waals surface area contributed by atoms with E-state index in [-0.39, 0.29) is 24.0 Å². The fraction of sp³-hybridized carbons (Fsp3) is 0.381. The lowest BCUT2D eigenvalue weighted by atomic mass is 10.1. The van der Waals surface area contributed by atoms with Crippen LogP contribution in [0.25, 0.3) is 0 Å².